The molecule has 0 bridgehead atoms. The first-order valence-corrected chi connectivity index (χ1v) is 7.03. The average Bonchev–Trinajstić information content (AvgIpc) is 2.91. The lowest BCUT2D eigenvalue weighted by atomic mass is 10.3. The van der Waals surface area contributed by atoms with Gasteiger partial charge in [-0.25, -0.2) is 4.79 Å². The number of carbonyl (C=O) groups is 1. The highest BCUT2D eigenvalue weighted by Crippen LogP contribution is 2.09. The standard InChI is InChI=1S/C15H21N5O2/c1-12-4-5-14(9-16-12)18-15(21)20(6-7-22-3)11-13-8-17-19(2)10-13/h4-5,8-10H,6-7,11H2,1-3H3,(H,18,21). The number of ether oxygens (including phenoxy) is 1. The second-order valence-corrected chi connectivity index (χ2v) is 5.06. The van der Waals surface area contributed by atoms with Crippen molar-refractivity contribution in [3.63, 3.8) is 0 Å². The summed E-state index contributed by atoms with van der Waals surface area (Å²) in [5.41, 5.74) is 2.55. The molecule has 22 heavy (non-hydrogen) atoms. The lowest BCUT2D eigenvalue weighted by Gasteiger charge is -2.22. The molecule has 2 amide bonds. The molecule has 1 N–H and O–H groups in total. The van der Waals surface area contributed by atoms with Crippen molar-refractivity contribution >= 4 is 11.7 Å². The lowest BCUT2D eigenvalue weighted by Crippen LogP contribution is -2.36. The van der Waals surface area contributed by atoms with Gasteiger partial charge in [-0.05, 0) is 19.1 Å². The number of aromatic nitrogens is 3. The largest absolute Gasteiger partial charge is 0.383 e. The molecule has 2 rings (SSSR count). The van der Waals surface area contributed by atoms with Gasteiger partial charge in [-0.15, -0.1) is 0 Å². The third-order valence-corrected chi connectivity index (χ3v) is 3.15. The van der Waals surface area contributed by atoms with Crippen LogP contribution in [0.25, 0.3) is 0 Å². The second kappa shape index (κ2) is 7.56. The Labute approximate surface area is 129 Å². The van der Waals surface area contributed by atoms with Gasteiger partial charge in [0.05, 0.1) is 31.2 Å². The van der Waals surface area contributed by atoms with Crippen LogP contribution in [0.5, 0.6) is 0 Å². The minimum absolute atomic E-state index is 0.188. The first kappa shape index (κ1) is 16.0. The predicted molar refractivity (Wildman–Crippen MR) is 83.5 cm³/mol. The Morgan fingerprint density at radius 2 is 2.23 bits per heavy atom. The number of hydrogen-bond acceptors (Lipinski definition) is 4. The van der Waals surface area contributed by atoms with Crippen molar-refractivity contribution in [3.8, 4) is 0 Å². The number of amides is 2. The van der Waals surface area contributed by atoms with Crippen LogP contribution in [0.1, 0.15) is 11.3 Å². The van der Waals surface area contributed by atoms with Crippen LogP contribution in [0.2, 0.25) is 0 Å². The van der Waals surface area contributed by atoms with Gasteiger partial charge in [0.2, 0.25) is 0 Å². The number of rotatable bonds is 6. The van der Waals surface area contributed by atoms with E-state index >= 15 is 0 Å². The van der Waals surface area contributed by atoms with E-state index < -0.39 is 0 Å². The Hall–Kier alpha value is -2.41. The van der Waals surface area contributed by atoms with Crippen LogP contribution in [0.3, 0.4) is 0 Å². The third kappa shape index (κ3) is 4.56. The number of urea groups is 1. The van der Waals surface area contributed by atoms with Crippen molar-refractivity contribution in [3.05, 3.63) is 42.0 Å². The number of carbonyl (C=O) groups excluding carboxylic acids is 1. The molecular formula is C15H21N5O2. The molecule has 2 heterocycles. The first-order valence-electron chi connectivity index (χ1n) is 7.03. The fourth-order valence-electron chi connectivity index (χ4n) is 1.97. The number of anilines is 1. The smallest absolute Gasteiger partial charge is 0.322 e. The maximum absolute atomic E-state index is 12.4. The van der Waals surface area contributed by atoms with E-state index in [1.54, 1.807) is 29.1 Å². The lowest BCUT2D eigenvalue weighted by molar-refractivity contribution is 0.153. The minimum atomic E-state index is -0.188. The number of methoxy groups -OCH3 is 1. The normalized spacial score (nSPS) is 10.5. The van der Waals surface area contributed by atoms with Gasteiger partial charge in [0.15, 0.2) is 0 Å². The Kier molecular flexibility index (Phi) is 5.48. The second-order valence-electron chi connectivity index (χ2n) is 5.06. The fourth-order valence-corrected chi connectivity index (χ4v) is 1.97. The van der Waals surface area contributed by atoms with Gasteiger partial charge in [0, 0.05) is 38.2 Å². The zero-order valence-electron chi connectivity index (χ0n) is 13.1. The molecule has 0 aliphatic carbocycles. The molecule has 0 fully saturated rings. The van der Waals surface area contributed by atoms with Crippen molar-refractivity contribution in [2.75, 3.05) is 25.6 Å². The highest BCUT2D eigenvalue weighted by atomic mass is 16.5. The van der Waals surface area contributed by atoms with Crippen LogP contribution in [0.15, 0.2) is 30.7 Å². The number of hydrogen-bond donors (Lipinski definition) is 1. The molecule has 7 heteroatoms. The minimum Gasteiger partial charge on any atom is -0.383 e. The highest BCUT2D eigenvalue weighted by molar-refractivity contribution is 5.89. The summed E-state index contributed by atoms with van der Waals surface area (Å²) in [6, 6.07) is 3.50. The highest BCUT2D eigenvalue weighted by Gasteiger charge is 2.15. The van der Waals surface area contributed by atoms with Crippen LogP contribution >= 0.6 is 0 Å². The Morgan fingerprint density at radius 1 is 1.41 bits per heavy atom. The monoisotopic (exact) mass is 303 g/mol. The maximum Gasteiger partial charge on any atom is 0.322 e. The molecule has 2 aromatic heterocycles. The summed E-state index contributed by atoms with van der Waals surface area (Å²) in [6.07, 6.45) is 5.28. The molecule has 0 aliphatic heterocycles. The number of nitrogens with zero attached hydrogens (tertiary/aromatic N) is 4. The van der Waals surface area contributed by atoms with E-state index in [1.807, 2.05) is 32.3 Å². The summed E-state index contributed by atoms with van der Waals surface area (Å²) in [6.45, 7) is 3.34. The molecular weight excluding hydrogens is 282 g/mol. The van der Waals surface area contributed by atoms with Gasteiger partial charge in [0.25, 0.3) is 0 Å². The summed E-state index contributed by atoms with van der Waals surface area (Å²) in [7, 11) is 3.46. The number of aryl methyl sites for hydroxylation is 2. The van der Waals surface area contributed by atoms with Crippen LogP contribution in [0, 0.1) is 6.92 Å². The van der Waals surface area contributed by atoms with E-state index in [2.05, 4.69) is 15.4 Å². The van der Waals surface area contributed by atoms with Gasteiger partial charge in [-0.3, -0.25) is 9.67 Å². The molecule has 0 unspecified atom stereocenters. The van der Waals surface area contributed by atoms with Gasteiger partial charge in [-0.1, -0.05) is 0 Å². The van der Waals surface area contributed by atoms with E-state index in [-0.39, 0.29) is 6.03 Å². The average molecular weight is 303 g/mol. The quantitative estimate of drug-likeness (QED) is 0.883. The topological polar surface area (TPSA) is 72.3 Å². The van der Waals surface area contributed by atoms with Crippen molar-refractivity contribution in [2.24, 2.45) is 7.05 Å². The van der Waals surface area contributed by atoms with Gasteiger partial charge in [-0.2, -0.15) is 5.10 Å². The molecule has 0 saturated heterocycles. The fraction of sp³-hybridized carbons (Fsp3) is 0.400. The summed E-state index contributed by atoms with van der Waals surface area (Å²) in [5, 5.41) is 6.97. The third-order valence-electron chi connectivity index (χ3n) is 3.15. The van der Waals surface area contributed by atoms with Crippen molar-refractivity contribution in [1.29, 1.82) is 0 Å². The van der Waals surface area contributed by atoms with E-state index in [1.165, 1.54) is 0 Å². The first-order chi connectivity index (χ1) is 10.6. The van der Waals surface area contributed by atoms with Crippen LogP contribution in [-0.4, -0.2) is 46.0 Å². The molecule has 118 valence electrons. The molecule has 0 radical (unpaired) electrons. The predicted octanol–water partition coefficient (Wildman–Crippen LogP) is 1.80. The molecule has 0 aliphatic rings. The zero-order valence-corrected chi connectivity index (χ0v) is 13.1. The molecule has 0 saturated carbocycles. The Bertz CT molecular complexity index is 609. The molecule has 0 atom stereocenters. The van der Waals surface area contributed by atoms with Crippen LogP contribution < -0.4 is 5.32 Å². The van der Waals surface area contributed by atoms with E-state index in [0.29, 0.717) is 25.4 Å². The number of pyridine rings is 1. The zero-order chi connectivity index (χ0) is 15.9. The molecule has 0 spiro atoms. The summed E-state index contributed by atoms with van der Waals surface area (Å²) in [4.78, 5) is 18.3. The molecule has 0 aromatic carbocycles. The van der Waals surface area contributed by atoms with E-state index in [0.717, 1.165) is 11.3 Å². The van der Waals surface area contributed by atoms with Crippen LogP contribution in [0.4, 0.5) is 10.5 Å². The van der Waals surface area contributed by atoms with E-state index in [4.69, 9.17) is 4.74 Å². The van der Waals surface area contributed by atoms with Gasteiger partial charge < -0.3 is 15.0 Å². The maximum atomic E-state index is 12.4. The SMILES string of the molecule is COCCN(Cc1cnn(C)c1)C(=O)Nc1ccc(C)nc1. The molecule has 7 nitrogen and oxygen atoms in total. The summed E-state index contributed by atoms with van der Waals surface area (Å²) < 4.78 is 6.79. The van der Waals surface area contributed by atoms with Crippen LogP contribution in [-0.2, 0) is 18.3 Å². The summed E-state index contributed by atoms with van der Waals surface area (Å²) >= 11 is 0. The number of nitrogens with one attached hydrogen (secondary N) is 1. The Balaban J connectivity index is 2.03. The van der Waals surface area contributed by atoms with Crippen molar-refractivity contribution in [1.82, 2.24) is 19.7 Å². The van der Waals surface area contributed by atoms with Gasteiger partial charge >= 0.3 is 6.03 Å². The van der Waals surface area contributed by atoms with Gasteiger partial charge in [0.1, 0.15) is 0 Å². The van der Waals surface area contributed by atoms with Crippen molar-refractivity contribution < 1.29 is 9.53 Å². The van der Waals surface area contributed by atoms with E-state index in [9.17, 15) is 4.79 Å². The Morgan fingerprint density at radius 3 is 2.82 bits per heavy atom. The summed E-state index contributed by atoms with van der Waals surface area (Å²) in [5.74, 6) is 0. The molecule has 2 aromatic rings. The van der Waals surface area contributed by atoms with Crippen molar-refractivity contribution in [2.45, 2.75) is 13.5 Å².